The molecule has 1 fully saturated rings. The third kappa shape index (κ3) is 3.26. The molecule has 3 rings (SSSR count). The van der Waals surface area contributed by atoms with E-state index in [9.17, 15) is 14.9 Å². The summed E-state index contributed by atoms with van der Waals surface area (Å²) in [5.74, 6) is -0.159. The average Bonchev–Trinajstić information content (AvgIpc) is 3.10. The molecule has 1 saturated carbocycles. The number of rotatable bonds is 6. The van der Waals surface area contributed by atoms with E-state index in [-0.39, 0.29) is 11.7 Å². The van der Waals surface area contributed by atoms with Crippen LogP contribution in [-0.2, 0) is 9.53 Å². The minimum Gasteiger partial charge on any atom is -0.466 e. The SMILES string of the molecule is CCOC(=O)C1(CNc2ccc([N+](=O)[O-])c3cnccc23)CCCC1. The summed E-state index contributed by atoms with van der Waals surface area (Å²) >= 11 is 0. The van der Waals surface area contributed by atoms with E-state index < -0.39 is 10.3 Å². The fraction of sp³-hybridized carbons (Fsp3) is 0.444. The summed E-state index contributed by atoms with van der Waals surface area (Å²) in [5, 5.41) is 15.7. The second kappa shape index (κ2) is 7.04. The minimum absolute atomic E-state index is 0.0228. The molecule has 132 valence electrons. The zero-order valence-electron chi connectivity index (χ0n) is 14.2. The number of nitro groups is 1. The fourth-order valence-electron chi connectivity index (χ4n) is 3.54. The van der Waals surface area contributed by atoms with Gasteiger partial charge in [-0.3, -0.25) is 19.9 Å². The van der Waals surface area contributed by atoms with Crippen molar-refractivity contribution < 1.29 is 14.5 Å². The van der Waals surface area contributed by atoms with E-state index in [1.165, 1.54) is 12.3 Å². The number of nitrogens with zero attached hydrogens (tertiary/aromatic N) is 2. The quantitative estimate of drug-likeness (QED) is 0.488. The molecule has 1 aliphatic rings. The van der Waals surface area contributed by atoms with E-state index >= 15 is 0 Å². The van der Waals surface area contributed by atoms with Gasteiger partial charge in [0.25, 0.3) is 5.69 Å². The van der Waals surface area contributed by atoms with Crippen LogP contribution in [0.1, 0.15) is 32.6 Å². The van der Waals surface area contributed by atoms with Gasteiger partial charge in [0.05, 0.1) is 22.3 Å². The van der Waals surface area contributed by atoms with Gasteiger partial charge in [-0.25, -0.2) is 0 Å². The number of aromatic nitrogens is 1. The van der Waals surface area contributed by atoms with Gasteiger partial charge >= 0.3 is 5.97 Å². The Morgan fingerprint density at radius 3 is 2.76 bits per heavy atom. The number of nitrogens with one attached hydrogen (secondary N) is 1. The summed E-state index contributed by atoms with van der Waals surface area (Å²) in [6, 6.07) is 4.91. The highest BCUT2D eigenvalue weighted by Gasteiger charge is 2.42. The number of hydrogen-bond donors (Lipinski definition) is 1. The molecular weight excluding hydrogens is 322 g/mol. The molecule has 25 heavy (non-hydrogen) atoms. The number of non-ortho nitro benzene ring substituents is 1. The van der Waals surface area contributed by atoms with Crippen LogP contribution < -0.4 is 5.32 Å². The lowest BCUT2D eigenvalue weighted by molar-refractivity contribution is -0.383. The van der Waals surface area contributed by atoms with Crippen molar-refractivity contribution in [3.63, 3.8) is 0 Å². The molecule has 0 saturated heterocycles. The van der Waals surface area contributed by atoms with Crippen LogP contribution in [0.2, 0.25) is 0 Å². The number of nitro benzene ring substituents is 1. The van der Waals surface area contributed by atoms with Gasteiger partial charge in [0.15, 0.2) is 0 Å². The topological polar surface area (TPSA) is 94.4 Å². The Hall–Kier alpha value is -2.70. The largest absolute Gasteiger partial charge is 0.466 e. The lowest BCUT2D eigenvalue weighted by Gasteiger charge is -2.27. The Morgan fingerprint density at radius 1 is 1.32 bits per heavy atom. The van der Waals surface area contributed by atoms with Gasteiger partial charge in [0.2, 0.25) is 0 Å². The van der Waals surface area contributed by atoms with Gasteiger partial charge in [0, 0.05) is 36.1 Å². The summed E-state index contributed by atoms with van der Waals surface area (Å²) in [5.41, 5.74) is 0.269. The lowest BCUT2D eigenvalue weighted by atomic mass is 9.86. The molecule has 0 radical (unpaired) electrons. The van der Waals surface area contributed by atoms with Gasteiger partial charge in [-0.1, -0.05) is 12.8 Å². The van der Waals surface area contributed by atoms with Crippen molar-refractivity contribution in [1.82, 2.24) is 4.98 Å². The highest BCUT2D eigenvalue weighted by Crippen LogP contribution is 2.40. The molecule has 1 aliphatic carbocycles. The Balaban J connectivity index is 1.89. The van der Waals surface area contributed by atoms with Gasteiger partial charge < -0.3 is 10.1 Å². The van der Waals surface area contributed by atoms with E-state index in [0.29, 0.717) is 18.5 Å². The van der Waals surface area contributed by atoms with Crippen LogP contribution in [0.25, 0.3) is 10.8 Å². The number of fused-ring (bicyclic) bond motifs is 1. The third-order valence-corrected chi connectivity index (χ3v) is 4.88. The summed E-state index contributed by atoms with van der Waals surface area (Å²) in [7, 11) is 0. The zero-order chi connectivity index (χ0) is 17.9. The van der Waals surface area contributed by atoms with Crippen molar-refractivity contribution in [3.05, 3.63) is 40.7 Å². The van der Waals surface area contributed by atoms with Gasteiger partial charge in [0.1, 0.15) is 0 Å². The number of anilines is 1. The third-order valence-electron chi connectivity index (χ3n) is 4.88. The van der Waals surface area contributed by atoms with Crippen LogP contribution in [0.15, 0.2) is 30.6 Å². The van der Waals surface area contributed by atoms with Gasteiger partial charge in [-0.05, 0) is 31.9 Å². The normalized spacial score (nSPS) is 15.9. The molecule has 0 atom stereocenters. The van der Waals surface area contributed by atoms with Gasteiger partial charge in [-0.2, -0.15) is 0 Å². The highest BCUT2D eigenvalue weighted by molar-refractivity contribution is 5.99. The predicted molar refractivity (Wildman–Crippen MR) is 94.4 cm³/mol. The number of carbonyl (C=O) groups is 1. The summed E-state index contributed by atoms with van der Waals surface area (Å²) in [6.45, 7) is 2.64. The van der Waals surface area contributed by atoms with Crippen molar-refractivity contribution in [2.45, 2.75) is 32.6 Å². The first-order valence-corrected chi connectivity index (χ1v) is 8.49. The molecule has 0 bridgehead atoms. The maximum absolute atomic E-state index is 12.4. The standard InChI is InChI=1S/C18H21N3O4/c1-2-25-17(22)18(8-3-4-9-18)12-20-15-5-6-16(21(23)24)14-11-19-10-7-13(14)15/h5-7,10-11,20H,2-4,8-9,12H2,1H3. The molecular formula is C18H21N3O4. The second-order valence-electron chi connectivity index (χ2n) is 6.37. The summed E-state index contributed by atoms with van der Waals surface area (Å²) in [6.07, 6.45) is 6.71. The van der Waals surface area contributed by atoms with E-state index in [0.717, 1.165) is 36.8 Å². The number of hydrogen-bond acceptors (Lipinski definition) is 6. The molecule has 1 heterocycles. The van der Waals surface area contributed by atoms with E-state index in [2.05, 4.69) is 10.3 Å². The Bertz CT molecular complexity index is 800. The van der Waals surface area contributed by atoms with E-state index in [1.54, 1.807) is 18.3 Å². The van der Waals surface area contributed by atoms with Crippen LogP contribution >= 0.6 is 0 Å². The van der Waals surface area contributed by atoms with E-state index in [4.69, 9.17) is 4.74 Å². The van der Waals surface area contributed by atoms with Crippen molar-refractivity contribution >= 4 is 28.1 Å². The van der Waals surface area contributed by atoms with Crippen molar-refractivity contribution in [3.8, 4) is 0 Å². The van der Waals surface area contributed by atoms with Crippen LogP contribution in [0.5, 0.6) is 0 Å². The molecule has 0 spiro atoms. The molecule has 0 aliphatic heterocycles. The summed E-state index contributed by atoms with van der Waals surface area (Å²) in [4.78, 5) is 27.2. The molecule has 2 aromatic rings. The first-order chi connectivity index (χ1) is 12.1. The van der Waals surface area contributed by atoms with Crippen LogP contribution in [0.4, 0.5) is 11.4 Å². The monoisotopic (exact) mass is 343 g/mol. The van der Waals surface area contributed by atoms with Crippen LogP contribution in [-0.4, -0.2) is 29.0 Å². The molecule has 1 aromatic heterocycles. The molecule has 7 nitrogen and oxygen atoms in total. The first-order valence-electron chi connectivity index (χ1n) is 8.49. The second-order valence-corrected chi connectivity index (χ2v) is 6.37. The Labute approximate surface area is 145 Å². The van der Waals surface area contributed by atoms with E-state index in [1.807, 2.05) is 6.92 Å². The predicted octanol–water partition coefficient (Wildman–Crippen LogP) is 3.68. The lowest BCUT2D eigenvalue weighted by Crippen LogP contribution is -2.37. The minimum atomic E-state index is -0.517. The molecule has 1 N–H and O–H groups in total. The average molecular weight is 343 g/mol. The van der Waals surface area contributed by atoms with Crippen LogP contribution in [0.3, 0.4) is 0 Å². The van der Waals surface area contributed by atoms with Crippen molar-refractivity contribution in [1.29, 1.82) is 0 Å². The molecule has 0 unspecified atom stereocenters. The maximum Gasteiger partial charge on any atom is 0.313 e. The smallest absolute Gasteiger partial charge is 0.313 e. The highest BCUT2D eigenvalue weighted by atomic mass is 16.6. The Kier molecular flexibility index (Phi) is 4.83. The van der Waals surface area contributed by atoms with Crippen molar-refractivity contribution in [2.24, 2.45) is 5.41 Å². The number of esters is 1. The number of benzene rings is 1. The fourth-order valence-corrected chi connectivity index (χ4v) is 3.54. The number of carbonyl (C=O) groups excluding carboxylic acids is 1. The maximum atomic E-state index is 12.4. The molecule has 7 heteroatoms. The Morgan fingerprint density at radius 2 is 2.08 bits per heavy atom. The molecule has 1 aromatic carbocycles. The number of pyridine rings is 1. The zero-order valence-corrected chi connectivity index (χ0v) is 14.2. The number of ether oxygens (including phenoxy) is 1. The first kappa shape index (κ1) is 17.1. The van der Waals surface area contributed by atoms with Crippen molar-refractivity contribution in [2.75, 3.05) is 18.5 Å². The van der Waals surface area contributed by atoms with Gasteiger partial charge in [-0.15, -0.1) is 0 Å². The molecule has 0 amide bonds. The summed E-state index contributed by atoms with van der Waals surface area (Å²) < 4.78 is 5.28. The van der Waals surface area contributed by atoms with Crippen LogP contribution in [0, 0.1) is 15.5 Å².